The van der Waals surface area contributed by atoms with E-state index < -0.39 is 27.4 Å². The minimum Gasteiger partial charge on any atom is -0.396 e. The van der Waals surface area contributed by atoms with E-state index in [9.17, 15) is 19.5 Å². The van der Waals surface area contributed by atoms with Gasteiger partial charge in [0.05, 0.1) is 29.8 Å². The Morgan fingerprint density at radius 1 is 1.00 bits per heavy atom. The van der Waals surface area contributed by atoms with Crippen LogP contribution in [0.5, 0.6) is 0 Å². The standard InChI is InChI=1S/C25H36N4O5S/c1-24-6-3-8-26(2)21(31)18(24)19-22(32)29(10-5-15-30)20-23(33)28(9-4-7-25(19,20)35-24)12-11-27-13-16-34-17-14-27/h3-4,6-7,18-20,30H,5,8-17H2,1-2H3/t18-,19+,20?,24+,25+/m1/s1. The van der Waals surface area contributed by atoms with Crippen LogP contribution < -0.4 is 0 Å². The summed E-state index contributed by atoms with van der Waals surface area (Å²) in [6.45, 7) is 7.74. The van der Waals surface area contributed by atoms with E-state index in [-0.39, 0.29) is 24.3 Å². The molecule has 1 unspecified atom stereocenters. The van der Waals surface area contributed by atoms with Gasteiger partial charge in [0.1, 0.15) is 6.04 Å². The number of hydrogen-bond acceptors (Lipinski definition) is 7. The lowest BCUT2D eigenvalue weighted by molar-refractivity contribution is -0.144. The molecule has 10 heteroatoms. The van der Waals surface area contributed by atoms with Gasteiger partial charge in [0.25, 0.3) is 0 Å². The second-order valence-corrected chi connectivity index (χ2v) is 12.2. The Labute approximate surface area is 211 Å². The molecular weight excluding hydrogens is 468 g/mol. The molecule has 5 aliphatic rings. The minimum absolute atomic E-state index is 0.0442. The normalized spacial score (nSPS) is 37.4. The molecule has 5 atom stereocenters. The van der Waals surface area contributed by atoms with E-state index in [2.05, 4.69) is 17.1 Å². The summed E-state index contributed by atoms with van der Waals surface area (Å²) in [4.78, 5) is 49.2. The van der Waals surface area contributed by atoms with Crippen molar-refractivity contribution in [3.63, 3.8) is 0 Å². The van der Waals surface area contributed by atoms with Crippen molar-refractivity contribution < 1.29 is 24.2 Å². The average molecular weight is 505 g/mol. The maximum Gasteiger partial charge on any atom is 0.247 e. The number of amides is 3. The summed E-state index contributed by atoms with van der Waals surface area (Å²) in [5.74, 6) is -1.40. The van der Waals surface area contributed by atoms with Crippen LogP contribution in [0.4, 0.5) is 0 Å². The van der Waals surface area contributed by atoms with Gasteiger partial charge in [-0.1, -0.05) is 24.3 Å². The van der Waals surface area contributed by atoms with Gasteiger partial charge >= 0.3 is 0 Å². The molecule has 192 valence electrons. The molecule has 0 aromatic heterocycles. The number of likely N-dealkylation sites (N-methyl/N-ethyl adjacent to an activating group) is 1. The number of aliphatic hydroxyl groups is 1. The monoisotopic (exact) mass is 504 g/mol. The highest BCUT2D eigenvalue weighted by molar-refractivity contribution is 8.02. The maximum atomic E-state index is 14.1. The van der Waals surface area contributed by atoms with Crippen molar-refractivity contribution in [2.75, 3.05) is 72.7 Å². The SMILES string of the molecule is CN1CC=C[C@]2(C)S[C@]34C=CCN(CCN5CCOCC5)C(=O)C3N(CCCO)C(=O)[C@@H]4[C@@H]2C1=O. The molecule has 3 fully saturated rings. The van der Waals surface area contributed by atoms with E-state index in [0.717, 1.165) is 19.6 Å². The largest absolute Gasteiger partial charge is 0.396 e. The molecule has 35 heavy (non-hydrogen) atoms. The lowest BCUT2D eigenvalue weighted by Gasteiger charge is -2.37. The molecule has 5 rings (SSSR count). The van der Waals surface area contributed by atoms with Crippen molar-refractivity contribution in [3.05, 3.63) is 24.3 Å². The summed E-state index contributed by atoms with van der Waals surface area (Å²) >= 11 is 1.60. The van der Waals surface area contributed by atoms with Crippen LogP contribution in [0.25, 0.3) is 0 Å². The summed E-state index contributed by atoms with van der Waals surface area (Å²) in [7, 11) is 1.77. The van der Waals surface area contributed by atoms with Crippen LogP contribution in [0.3, 0.4) is 0 Å². The molecule has 5 heterocycles. The molecule has 0 aromatic carbocycles. The predicted octanol–water partition coefficient (Wildman–Crippen LogP) is -0.185. The minimum atomic E-state index is -0.811. The van der Waals surface area contributed by atoms with Crippen LogP contribution in [0, 0.1) is 11.8 Å². The first-order chi connectivity index (χ1) is 16.8. The van der Waals surface area contributed by atoms with E-state index in [1.807, 2.05) is 24.0 Å². The second-order valence-electron chi connectivity index (χ2n) is 10.4. The molecule has 0 saturated carbocycles. The molecule has 1 N–H and O–H groups in total. The van der Waals surface area contributed by atoms with Crippen LogP contribution >= 0.6 is 11.8 Å². The number of rotatable bonds is 6. The zero-order chi connectivity index (χ0) is 24.8. The number of aliphatic hydroxyl groups excluding tert-OH is 1. The number of ether oxygens (including phenoxy) is 1. The number of fused-ring (bicyclic) bond motifs is 2. The number of hydrogen-bond donors (Lipinski definition) is 1. The van der Waals surface area contributed by atoms with Gasteiger partial charge in [0, 0.05) is 64.2 Å². The van der Waals surface area contributed by atoms with Crippen LogP contribution in [0.2, 0.25) is 0 Å². The van der Waals surface area contributed by atoms with Crippen molar-refractivity contribution >= 4 is 29.5 Å². The Bertz CT molecular complexity index is 937. The molecule has 0 radical (unpaired) electrons. The molecule has 0 aromatic rings. The summed E-state index contributed by atoms with van der Waals surface area (Å²) < 4.78 is 4.06. The van der Waals surface area contributed by atoms with E-state index >= 15 is 0 Å². The molecule has 0 aliphatic carbocycles. The predicted molar refractivity (Wildman–Crippen MR) is 133 cm³/mol. The Morgan fingerprint density at radius 3 is 2.49 bits per heavy atom. The van der Waals surface area contributed by atoms with Gasteiger partial charge in [0.2, 0.25) is 17.7 Å². The van der Waals surface area contributed by atoms with Gasteiger partial charge in [-0.25, -0.2) is 0 Å². The fourth-order valence-electron chi connectivity index (χ4n) is 6.46. The van der Waals surface area contributed by atoms with Gasteiger partial charge in [0.15, 0.2) is 0 Å². The number of carbonyl (C=O) groups excluding carboxylic acids is 3. The van der Waals surface area contributed by atoms with E-state index in [1.165, 1.54) is 0 Å². The van der Waals surface area contributed by atoms with Crippen molar-refractivity contribution in [1.29, 1.82) is 0 Å². The highest BCUT2D eigenvalue weighted by Gasteiger charge is 2.73. The number of nitrogens with zero attached hydrogens (tertiary/aromatic N) is 4. The highest BCUT2D eigenvalue weighted by Crippen LogP contribution is 2.65. The molecule has 3 amide bonds. The summed E-state index contributed by atoms with van der Waals surface area (Å²) in [5, 5.41) is 9.52. The smallest absolute Gasteiger partial charge is 0.247 e. The van der Waals surface area contributed by atoms with Gasteiger partial charge in [-0.05, 0) is 13.3 Å². The maximum absolute atomic E-state index is 14.1. The molecule has 1 spiro atoms. The first kappa shape index (κ1) is 24.8. The number of thioether (sulfide) groups is 1. The average Bonchev–Trinajstić information content (AvgIpc) is 3.12. The molecule has 5 aliphatic heterocycles. The van der Waals surface area contributed by atoms with Crippen LogP contribution in [-0.4, -0.2) is 131 Å². The molecular formula is C25H36N4O5S. The Kier molecular flexibility index (Phi) is 6.76. The number of likely N-dealkylation sites (tertiary alicyclic amines) is 1. The number of morpholine rings is 1. The van der Waals surface area contributed by atoms with Gasteiger partial charge in [-0.15, -0.1) is 11.8 Å². The van der Waals surface area contributed by atoms with Crippen molar-refractivity contribution in [2.24, 2.45) is 11.8 Å². The van der Waals surface area contributed by atoms with Crippen molar-refractivity contribution in [2.45, 2.75) is 28.9 Å². The lowest BCUT2D eigenvalue weighted by Crippen LogP contribution is -2.54. The van der Waals surface area contributed by atoms with Crippen LogP contribution in [0.15, 0.2) is 24.3 Å². The summed E-state index contributed by atoms with van der Waals surface area (Å²) in [5.41, 5.74) is 0. The Morgan fingerprint density at radius 2 is 1.74 bits per heavy atom. The van der Waals surface area contributed by atoms with E-state index in [0.29, 0.717) is 45.8 Å². The topological polar surface area (TPSA) is 93.6 Å². The van der Waals surface area contributed by atoms with Crippen molar-refractivity contribution in [3.8, 4) is 0 Å². The lowest BCUT2D eigenvalue weighted by atomic mass is 9.74. The zero-order valence-corrected chi connectivity index (χ0v) is 21.4. The third-order valence-corrected chi connectivity index (χ3v) is 9.99. The third-order valence-electron chi connectivity index (χ3n) is 8.19. The molecule has 0 bridgehead atoms. The zero-order valence-electron chi connectivity index (χ0n) is 20.6. The molecule has 3 saturated heterocycles. The fourth-order valence-corrected chi connectivity index (χ4v) is 8.62. The van der Waals surface area contributed by atoms with Gasteiger partial charge in [-0.3, -0.25) is 19.3 Å². The first-order valence-electron chi connectivity index (χ1n) is 12.6. The van der Waals surface area contributed by atoms with Crippen LogP contribution in [0.1, 0.15) is 13.3 Å². The quantitative estimate of drug-likeness (QED) is 0.502. The molecule has 9 nitrogen and oxygen atoms in total. The van der Waals surface area contributed by atoms with E-state index in [1.54, 1.807) is 28.6 Å². The van der Waals surface area contributed by atoms with Gasteiger partial charge < -0.3 is 24.5 Å². The first-order valence-corrected chi connectivity index (χ1v) is 13.4. The second kappa shape index (κ2) is 9.53. The Balaban J connectivity index is 1.50. The third kappa shape index (κ3) is 4.02. The summed E-state index contributed by atoms with van der Waals surface area (Å²) in [6, 6.07) is -0.685. The summed E-state index contributed by atoms with van der Waals surface area (Å²) in [6.07, 6.45) is 8.54. The van der Waals surface area contributed by atoms with Gasteiger partial charge in [-0.2, -0.15) is 0 Å². The van der Waals surface area contributed by atoms with E-state index in [4.69, 9.17) is 4.74 Å². The Hall–Kier alpha value is -1.88. The fraction of sp³-hybridized carbons (Fsp3) is 0.720. The van der Waals surface area contributed by atoms with Crippen LogP contribution in [-0.2, 0) is 19.1 Å². The highest BCUT2D eigenvalue weighted by atomic mass is 32.2. The van der Waals surface area contributed by atoms with Crippen molar-refractivity contribution in [1.82, 2.24) is 19.6 Å². The number of carbonyl (C=O) groups is 3.